The molecule has 0 bridgehead atoms. The van der Waals surface area contributed by atoms with Crippen molar-refractivity contribution in [3.63, 3.8) is 0 Å². The van der Waals surface area contributed by atoms with Crippen LogP contribution in [0.15, 0.2) is 30.3 Å². The number of hydrogen-bond donors (Lipinski definition) is 1. The van der Waals surface area contributed by atoms with E-state index in [1.54, 1.807) is 19.0 Å². The Balaban J connectivity index is 3.12. The number of rotatable bonds is 16. The molecule has 220 valence electrons. The number of aliphatic carboxylic acids is 1. The maximum atomic E-state index is 13.8. The van der Waals surface area contributed by atoms with E-state index in [0.29, 0.717) is 0 Å². The van der Waals surface area contributed by atoms with Crippen LogP contribution in [0.4, 0.5) is 4.79 Å². The molecule has 5 atom stereocenters. The Morgan fingerprint density at radius 3 is 1.95 bits per heavy atom. The summed E-state index contributed by atoms with van der Waals surface area (Å²) in [7, 11) is 4.65. The first-order valence-electron chi connectivity index (χ1n) is 13.7. The van der Waals surface area contributed by atoms with Gasteiger partial charge in [0, 0.05) is 33.5 Å². The first-order valence-corrected chi connectivity index (χ1v) is 13.7. The number of hydrogen-bond acceptors (Lipinski definition) is 6. The van der Waals surface area contributed by atoms with Crippen molar-refractivity contribution in [1.82, 2.24) is 9.80 Å². The molecule has 0 fully saturated rings. The van der Waals surface area contributed by atoms with Gasteiger partial charge in [-0.1, -0.05) is 78.3 Å². The highest BCUT2D eigenvalue weighted by Gasteiger charge is 2.39. The molecule has 1 N–H and O–H groups in total. The number of carboxylic acid groups (broad SMARTS) is 1. The van der Waals surface area contributed by atoms with Crippen LogP contribution in [0.25, 0.3) is 0 Å². The van der Waals surface area contributed by atoms with Crippen LogP contribution < -0.4 is 0 Å². The van der Waals surface area contributed by atoms with Gasteiger partial charge in [0.05, 0.1) is 24.6 Å². The quantitative estimate of drug-likeness (QED) is 0.313. The average molecular weight is 549 g/mol. The average Bonchev–Trinajstić information content (AvgIpc) is 2.89. The molecule has 1 aromatic rings. The summed E-state index contributed by atoms with van der Waals surface area (Å²) < 4.78 is 11.0. The first-order chi connectivity index (χ1) is 18.3. The van der Waals surface area contributed by atoms with Crippen molar-refractivity contribution in [3.8, 4) is 0 Å². The van der Waals surface area contributed by atoms with E-state index < -0.39 is 36.2 Å². The zero-order valence-corrected chi connectivity index (χ0v) is 25.0. The minimum atomic E-state index is -1.01. The minimum absolute atomic E-state index is 0.0271. The standard InChI is InChI=1S/C30H48N2O7/c1-10-21(6)28(25(38-9)17-26(34)35)31(7)29(36)23(19(2)3)16-24(33)27(20(4)5)32(8)30(37)39-18-22-14-12-11-13-15-22/h11-15,19-21,23,25,27-28H,10,16-18H2,1-9H3,(H,34,35)/t21-,23-,25+,27-,28-/m0/s1. The van der Waals surface area contributed by atoms with E-state index in [9.17, 15) is 24.3 Å². The van der Waals surface area contributed by atoms with E-state index in [1.165, 1.54) is 12.0 Å². The van der Waals surface area contributed by atoms with Crippen LogP contribution in [0.5, 0.6) is 0 Å². The van der Waals surface area contributed by atoms with E-state index in [4.69, 9.17) is 9.47 Å². The predicted molar refractivity (Wildman–Crippen MR) is 150 cm³/mol. The summed E-state index contributed by atoms with van der Waals surface area (Å²) in [6.07, 6.45) is -0.866. The van der Waals surface area contributed by atoms with Gasteiger partial charge in [-0.2, -0.15) is 0 Å². The highest BCUT2D eigenvalue weighted by molar-refractivity contribution is 5.92. The molecule has 0 unspecified atom stereocenters. The van der Waals surface area contributed by atoms with E-state index >= 15 is 0 Å². The Morgan fingerprint density at radius 1 is 0.897 bits per heavy atom. The van der Waals surface area contributed by atoms with Crippen LogP contribution in [0.3, 0.4) is 0 Å². The number of nitrogens with zero attached hydrogens (tertiary/aromatic N) is 2. The number of benzene rings is 1. The molecular formula is C30H48N2O7. The second-order valence-electron chi connectivity index (χ2n) is 11.1. The number of amides is 2. The van der Waals surface area contributed by atoms with Crippen molar-refractivity contribution in [2.45, 2.75) is 85.6 Å². The molecular weight excluding hydrogens is 500 g/mol. The van der Waals surface area contributed by atoms with Crippen LogP contribution in [-0.4, -0.2) is 78.1 Å². The third kappa shape index (κ3) is 9.95. The van der Waals surface area contributed by atoms with Gasteiger partial charge in [-0.25, -0.2) is 4.79 Å². The van der Waals surface area contributed by atoms with Crippen LogP contribution in [0.2, 0.25) is 0 Å². The van der Waals surface area contributed by atoms with Gasteiger partial charge in [0.25, 0.3) is 0 Å². The maximum Gasteiger partial charge on any atom is 0.410 e. The van der Waals surface area contributed by atoms with Crippen LogP contribution in [0, 0.1) is 23.7 Å². The van der Waals surface area contributed by atoms with Crippen molar-refractivity contribution in [2.24, 2.45) is 23.7 Å². The van der Waals surface area contributed by atoms with Crippen LogP contribution in [0.1, 0.15) is 66.4 Å². The molecule has 0 radical (unpaired) electrons. The molecule has 0 heterocycles. The van der Waals surface area contributed by atoms with Crippen molar-refractivity contribution in [2.75, 3.05) is 21.2 Å². The molecule has 1 rings (SSSR count). The summed E-state index contributed by atoms with van der Waals surface area (Å²) in [5.74, 6) is -2.51. The Bertz CT molecular complexity index is 934. The van der Waals surface area contributed by atoms with Gasteiger partial charge in [-0.3, -0.25) is 14.4 Å². The number of carboxylic acids is 1. The molecule has 0 saturated carbocycles. The summed E-state index contributed by atoms with van der Waals surface area (Å²) in [6, 6.07) is 8.05. The lowest BCUT2D eigenvalue weighted by Gasteiger charge is -2.39. The normalized spacial score (nSPS) is 15.3. The van der Waals surface area contributed by atoms with Gasteiger partial charge >= 0.3 is 12.1 Å². The van der Waals surface area contributed by atoms with E-state index in [-0.39, 0.29) is 48.9 Å². The summed E-state index contributed by atoms with van der Waals surface area (Å²) in [6.45, 7) is 11.5. The molecule has 1 aromatic carbocycles. The third-order valence-electron chi connectivity index (χ3n) is 7.50. The number of ether oxygens (including phenoxy) is 2. The zero-order valence-electron chi connectivity index (χ0n) is 25.0. The molecule has 0 aliphatic rings. The Labute approximate surface area is 233 Å². The molecule has 0 spiro atoms. The van der Waals surface area contributed by atoms with E-state index in [2.05, 4.69) is 0 Å². The monoisotopic (exact) mass is 548 g/mol. The zero-order chi connectivity index (χ0) is 29.9. The number of likely N-dealkylation sites (N-methyl/N-ethyl adjacent to an activating group) is 2. The van der Waals surface area contributed by atoms with E-state index in [1.807, 2.05) is 71.9 Å². The largest absolute Gasteiger partial charge is 0.481 e. The molecule has 0 saturated heterocycles. The van der Waals surface area contributed by atoms with Crippen molar-refractivity contribution in [3.05, 3.63) is 35.9 Å². The Kier molecular flexibility index (Phi) is 14.2. The second kappa shape index (κ2) is 16.2. The SMILES string of the molecule is CC[C@H](C)[C@@H]([C@@H](CC(=O)O)OC)N(C)C(=O)[C@@H](CC(=O)[C@H](C(C)C)N(C)C(=O)OCc1ccccc1)C(C)C. The number of methoxy groups -OCH3 is 1. The summed E-state index contributed by atoms with van der Waals surface area (Å²) in [5, 5.41) is 9.40. The van der Waals surface area contributed by atoms with Crippen LogP contribution >= 0.6 is 0 Å². The molecule has 39 heavy (non-hydrogen) atoms. The fourth-order valence-corrected chi connectivity index (χ4v) is 5.08. The van der Waals surface area contributed by atoms with Gasteiger partial charge in [-0.05, 0) is 23.3 Å². The molecule has 0 aliphatic heterocycles. The third-order valence-corrected chi connectivity index (χ3v) is 7.50. The smallest absolute Gasteiger partial charge is 0.410 e. The lowest BCUT2D eigenvalue weighted by atomic mass is 9.83. The molecule has 9 heteroatoms. The topological polar surface area (TPSA) is 113 Å². The lowest BCUT2D eigenvalue weighted by molar-refractivity contribution is -0.149. The Morgan fingerprint density at radius 2 is 1.49 bits per heavy atom. The highest BCUT2D eigenvalue weighted by Crippen LogP contribution is 2.28. The van der Waals surface area contributed by atoms with Gasteiger partial charge < -0.3 is 24.4 Å². The van der Waals surface area contributed by atoms with E-state index in [0.717, 1.165) is 12.0 Å². The molecule has 9 nitrogen and oxygen atoms in total. The highest BCUT2D eigenvalue weighted by atomic mass is 16.6. The summed E-state index contributed by atoms with van der Waals surface area (Å²) in [4.78, 5) is 54.6. The van der Waals surface area contributed by atoms with Gasteiger partial charge in [0.15, 0.2) is 5.78 Å². The van der Waals surface area contributed by atoms with Crippen molar-refractivity contribution in [1.29, 1.82) is 0 Å². The second-order valence-corrected chi connectivity index (χ2v) is 11.1. The number of ketones is 1. The fourth-order valence-electron chi connectivity index (χ4n) is 5.08. The summed E-state index contributed by atoms with van der Waals surface area (Å²) in [5.41, 5.74) is 0.841. The minimum Gasteiger partial charge on any atom is -0.481 e. The number of Topliss-reactive ketones (excluding diaryl/α,β-unsaturated/α-hetero) is 1. The predicted octanol–water partition coefficient (Wildman–Crippen LogP) is 4.87. The number of carbonyl (C=O) groups is 4. The number of carbonyl (C=O) groups excluding carboxylic acids is 3. The maximum absolute atomic E-state index is 13.8. The van der Waals surface area contributed by atoms with Gasteiger partial charge in [0.1, 0.15) is 6.61 Å². The molecule has 0 aliphatic carbocycles. The van der Waals surface area contributed by atoms with Crippen molar-refractivity contribution >= 4 is 23.8 Å². The Hall–Kier alpha value is -2.94. The van der Waals surface area contributed by atoms with Crippen LogP contribution in [-0.2, 0) is 30.5 Å². The first kappa shape index (κ1) is 34.1. The molecule has 0 aromatic heterocycles. The summed E-state index contributed by atoms with van der Waals surface area (Å²) >= 11 is 0. The fraction of sp³-hybridized carbons (Fsp3) is 0.667. The lowest BCUT2D eigenvalue weighted by Crippen LogP contribution is -2.53. The molecule has 2 amide bonds. The van der Waals surface area contributed by atoms with Gasteiger partial charge in [-0.15, -0.1) is 0 Å². The van der Waals surface area contributed by atoms with Crippen molar-refractivity contribution < 1.29 is 33.8 Å². The van der Waals surface area contributed by atoms with Gasteiger partial charge in [0.2, 0.25) is 5.91 Å².